The van der Waals surface area contributed by atoms with Crippen molar-refractivity contribution >= 4 is 43.7 Å². The molecule has 0 aromatic heterocycles. The fraction of sp³-hybridized carbons (Fsp3) is 0.0217. The zero-order chi connectivity index (χ0) is 31.7. The number of benzene rings is 8. The summed E-state index contributed by atoms with van der Waals surface area (Å²) >= 11 is 0. The lowest BCUT2D eigenvalue weighted by molar-refractivity contribution is 1.49. The molecule has 0 saturated heterocycles. The van der Waals surface area contributed by atoms with E-state index in [2.05, 4.69) is 158 Å². The molecule has 0 heterocycles. The molecule has 0 spiro atoms. The Balaban J connectivity index is 1.40. The summed E-state index contributed by atoms with van der Waals surface area (Å²) in [4.78, 5) is 4.96. The van der Waals surface area contributed by atoms with Crippen molar-refractivity contribution in [1.29, 1.82) is 0 Å². The van der Waals surface area contributed by atoms with Crippen LogP contribution >= 0.6 is 0 Å². The maximum Gasteiger partial charge on any atom is 0.0633 e. The van der Waals surface area contributed by atoms with Gasteiger partial charge in [0, 0.05) is 11.3 Å². The highest BCUT2D eigenvalue weighted by Gasteiger charge is 2.18. The zero-order valence-electron chi connectivity index (χ0n) is 26.3. The van der Waals surface area contributed by atoms with Crippen molar-refractivity contribution in [2.75, 3.05) is 0 Å². The fourth-order valence-corrected chi connectivity index (χ4v) is 6.80. The number of fused-ring (bicyclic) bond motifs is 3. The molecule has 0 bridgehead atoms. The molecule has 0 aliphatic heterocycles. The first-order valence-corrected chi connectivity index (χ1v) is 16.1. The molecular weight excluding hydrogens is 567 g/mol. The number of nitrogens with zero attached hydrogens (tertiary/aromatic N) is 1. The van der Waals surface area contributed by atoms with Gasteiger partial charge in [0.25, 0.3) is 0 Å². The first-order valence-electron chi connectivity index (χ1n) is 16.1. The Morgan fingerprint density at radius 2 is 0.915 bits per heavy atom. The van der Waals surface area contributed by atoms with Crippen LogP contribution in [0.15, 0.2) is 181 Å². The van der Waals surface area contributed by atoms with E-state index in [0.717, 1.165) is 22.5 Å². The monoisotopic (exact) mass is 599 g/mol. The SMILES string of the molecule is C=C(N=C(C)c1ccccc1)c1ccc2c(-c3ccccc3)c3cc(-c4ccc5ccccc5c4)ccc3c(-c3ccccc3)c2c1. The van der Waals surface area contributed by atoms with Crippen LogP contribution in [0.3, 0.4) is 0 Å². The quantitative estimate of drug-likeness (QED) is 0.133. The third kappa shape index (κ3) is 5.32. The van der Waals surface area contributed by atoms with Crippen molar-refractivity contribution < 1.29 is 0 Å². The molecule has 0 atom stereocenters. The van der Waals surface area contributed by atoms with Gasteiger partial charge >= 0.3 is 0 Å². The lowest BCUT2D eigenvalue weighted by Gasteiger charge is -2.19. The van der Waals surface area contributed by atoms with E-state index in [4.69, 9.17) is 4.99 Å². The Labute approximate surface area is 275 Å². The van der Waals surface area contributed by atoms with Crippen LogP contribution in [0.1, 0.15) is 18.1 Å². The molecule has 8 rings (SSSR count). The van der Waals surface area contributed by atoms with Gasteiger partial charge in [-0.1, -0.05) is 158 Å². The molecule has 0 N–H and O–H groups in total. The molecule has 0 aliphatic carbocycles. The van der Waals surface area contributed by atoms with Crippen LogP contribution in [0, 0.1) is 0 Å². The Bertz CT molecular complexity index is 2450. The van der Waals surface area contributed by atoms with E-state index in [-0.39, 0.29) is 0 Å². The van der Waals surface area contributed by atoms with Crippen molar-refractivity contribution in [3.8, 4) is 33.4 Å². The predicted octanol–water partition coefficient (Wildman–Crippen LogP) is 12.6. The van der Waals surface area contributed by atoms with Gasteiger partial charge in [0.05, 0.1) is 5.70 Å². The summed E-state index contributed by atoms with van der Waals surface area (Å²) in [6.07, 6.45) is 0. The standard InChI is InChI=1S/C46H33N/c1-31(33-14-6-3-7-15-33)47-32(2)37-24-26-41-43(29-37)45(35-17-8-4-9-18-35)42-27-25-40(30-44(42)46(41)36-19-10-5-11-20-36)39-23-22-34-16-12-13-21-38(34)28-39/h3-30H,2H2,1H3. The summed E-state index contributed by atoms with van der Waals surface area (Å²) in [7, 11) is 0. The van der Waals surface area contributed by atoms with Gasteiger partial charge in [-0.15, -0.1) is 0 Å². The van der Waals surface area contributed by atoms with Crippen LogP contribution in [0.4, 0.5) is 0 Å². The van der Waals surface area contributed by atoms with Crippen LogP contribution in [0.2, 0.25) is 0 Å². The van der Waals surface area contributed by atoms with Gasteiger partial charge in [0.15, 0.2) is 0 Å². The van der Waals surface area contributed by atoms with Gasteiger partial charge in [0.1, 0.15) is 0 Å². The molecule has 0 unspecified atom stereocenters. The summed E-state index contributed by atoms with van der Waals surface area (Å²) in [6, 6.07) is 60.8. The topological polar surface area (TPSA) is 12.4 Å². The Morgan fingerprint density at radius 1 is 0.404 bits per heavy atom. The molecule has 0 fully saturated rings. The first-order chi connectivity index (χ1) is 23.1. The lowest BCUT2D eigenvalue weighted by atomic mass is 9.84. The van der Waals surface area contributed by atoms with E-state index in [9.17, 15) is 0 Å². The lowest BCUT2D eigenvalue weighted by Crippen LogP contribution is -1.96. The van der Waals surface area contributed by atoms with E-state index >= 15 is 0 Å². The van der Waals surface area contributed by atoms with E-state index in [1.807, 2.05) is 25.1 Å². The highest BCUT2D eigenvalue weighted by Crippen LogP contribution is 2.45. The summed E-state index contributed by atoms with van der Waals surface area (Å²) in [6.45, 7) is 6.47. The molecule has 0 aliphatic rings. The summed E-state index contributed by atoms with van der Waals surface area (Å²) < 4.78 is 0. The van der Waals surface area contributed by atoms with Crippen molar-refractivity contribution in [2.45, 2.75) is 6.92 Å². The zero-order valence-corrected chi connectivity index (χ0v) is 26.3. The van der Waals surface area contributed by atoms with Crippen molar-refractivity contribution in [1.82, 2.24) is 0 Å². The third-order valence-electron chi connectivity index (χ3n) is 9.15. The van der Waals surface area contributed by atoms with Crippen LogP contribution in [-0.4, -0.2) is 5.71 Å². The second-order valence-electron chi connectivity index (χ2n) is 12.1. The maximum absolute atomic E-state index is 4.96. The highest BCUT2D eigenvalue weighted by molar-refractivity contribution is 6.22. The number of rotatable bonds is 6. The third-order valence-corrected chi connectivity index (χ3v) is 9.15. The number of hydrogen-bond donors (Lipinski definition) is 0. The van der Waals surface area contributed by atoms with Gasteiger partial charge in [-0.05, 0) is 96.4 Å². The molecule has 0 radical (unpaired) electrons. The number of hydrogen-bond acceptors (Lipinski definition) is 1. The van der Waals surface area contributed by atoms with Crippen LogP contribution in [-0.2, 0) is 0 Å². The molecule has 1 nitrogen and oxygen atoms in total. The van der Waals surface area contributed by atoms with Crippen LogP contribution in [0.25, 0.3) is 71.4 Å². The maximum atomic E-state index is 4.96. The van der Waals surface area contributed by atoms with E-state index in [1.165, 1.54) is 65.7 Å². The average Bonchev–Trinajstić information content (AvgIpc) is 3.14. The average molecular weight is 600 g/mol. The van der Waals surface area contributed by atoms with Gasteiger partial charge in [-0.2, -0.15) is 0 Å². The molecule has 0 saturated carbocycles. The van der Waals surface area contributed by atoms with Crippen molar-refractivity contribution in [3.63, 3.8) is 0 Å². The Kier molecular flexibility index (Phi) is 7.28. The van der Waals surface area contributed by atoms with Gasteiger partial charge < -0.3 is 0 Å². The minimum absolute atomic E-state index is 0.750. The highest BCUT2D eigenvalue weighted by atomic mass is 14.7. The summed E-state index contributed by atoms with van der Waals surface area (Å²) in [5.41, 5.74) is 11.1. The molecule has 0 amide bonds. The summed E-state index contributed by atoms with van der Waals surface area (Å²) in [5, 5.41) is 7.34. The first kappa shape index (κ1) is 28.4. The molecule has 222 valence electrons. The number of aliphatic imine (C=N–C) groups is 1. The van der Waals surface area contributed by atoms with Gasteiger partial charge in [0.2, 0.25) is 0 Å². The smallest absolute Gasteiger partial charge is 0.0633 e. The fourth-order valence-electron chi connectivity index (χ4n) is 6.80. The van der Waals surface area contributed by atoms with Crippen molar-refractivity contribution in [3.05, 3.63) is 188 Å². The minimum Gasteiger partial charge on any atom is -0.253 e. The molecular formula is C46H33N. The molecule has 8 aromatic rings. The van der Waals surface area contributed by atoms with Gasteiger partial charge in [-0.3, -0.25) is 4.99 Å². The Morgan fingerprint density at radius 3 is 1.57 bits per heavy atom. The second-order valence-corrected chi connectivity index (χ2v) is 12.1. The summed E-state index contributed by atoms with van der Waals surface area (Å²) in [5.74, 6) is 0. The van der Waals surface area contributed by atoms with E-state index in [1.54, 1.807) is 0 Å². The van der Waals surface area contributed by atoms with Crippen LogP contribution < -0.4 is 0 Å². The predicted molar refractivity (Wildman–Crippen MR) is 203 cm³/mol. The normalized spacial score (nSPS) is 11.7. The molecule has 1 heteroatoms. The Hall–Kier alpha value is -6.05. The van der Waals surface area contributed by atoms with Crippen molar-refractivity contribution in [2.24, 2.45) is 4.99 Å². The largest absolute Gasteiger partial charge is 0.253 e. The molecule has 8 aromatic carbocycles. The van der Waals surface area contributed by atoms with E-state index in [0.29, 0.717) is 0 Å². The van der Waals surface area contributed by atoms with E-state index < -0.39 is 0 Å². The second kappa shape index (κ2) is 12.0. The van der Waals surface area contributed by atoms with Crippen LogP contribution in [0.5, 0.6) is 0 Å². The minimum atomic E-state index is 0.750. The molecule has 47 heavy (non-hydrogen) atoms. The van der Waals surface area contributed by atoms with Gasteiger partial charge in [-0.25, -0.2) is 0 Å².